The number of pyridine rings is 1. The molecular weight excluding hydrogens is 346 g/mol. The van der Waals surface area contributed by atoms with Crippen LogP contribution >= 0.6 is 10.3 Å². The molecule has 0 saturated carbocycles. The van der Waals surface area contributed by atoms with Crippen molar-refractivity contribution in [3.63, 3.8) is 0 Å². The van der Waals surface area contributed by atoms with Crippen molar-refractivity contribution >= 4 is 21.5 Å². The number of methoxy groups -OCH3 is 1. The van der Waals surface area contributed by atoms with E-state index in [0.717, 1.165) is 29.7 Å². The first kappa shape index (κ1) is 20.9. The summed E-state index contributed by atoms with van der Waals surface area (Å²) in [6.45, 7) is 13.1. The topological polar surface area (TPSA) is 61.8 Å². The molecule has 2 heterocycles. The van der Waals surface area contributed by atoms with Crippen LogP contribution in [0.25, 0.3) is 5.52 Å². The second-order valence-corrected chi connectivity index (χ2v) is 12.7. The van der Waals surface area contributed by atoms with Gasteiger partial charge in [-0.2, -0.15) is 5.10 Å². The molecule has 0 unspecified atom stereocenters. The molecule has 5 nitrogen and oxygen atoms in total. The monoisotopic (exact) mass is 381 g/mol. The van der Waals surface area contributed by atoms with E-state index in [0.29, 0.717) is 11.4 Å². The van der Waals surface area contributed by atoms with Gasteiger partial charge in [-0.15, -0.1) is 10.3 Å². The van der Waals surface area contributed by atoms with Gasteiger partial charge in [0.1, 0.15) is 0 Å². The maximum absolute atomic E-state index is 6.57. The Labute approximate surface area is 159 Å². The van der Waals surface area contributed by atoms with Gasteiger partial charge in [0.2, 0.25) is 0 Å². The molecule has 6 heteroatoms. The van der Waals surface area contributed by atoms with Gasteiger partial charge in [-0.3, -0.25) is 0 Å². The predicted molar refractivity (Wildman–Crippen MR) is 114 cm³/mol. The maximum Gasteiger partial charge on any atom is 0.163 e. The lowest BCUT2D eigenvalue weighted by molar-refractivity contribution is 0.118. The Morgan fingerprint density at radius 2 is 1.77 bits per heavy atom. The lowest BCUT2D eigenvalue weighted by atomic mass is 10.0. The van der Waals surface area contributed by atoms with Gasteiger partial charge in [0.15, 0.2) is 5.75 Å². The van der Waals surface area contributed by atoms with Crippen LogP contribution in [0.1, 0.15) is 52.4 Å². The van der Waals surface area contributed by atoms with Crippen molar-refractivity contribution in [2.45, 2.75) is 64.7 Å². The molecule has 2 aromatic heterocycles. The molecule has 0 bridgehead atoms. The number of nitrogens with zero attached hydrogens (tertiary/aromatic N) is 2. The third-order valence-corrected chi connectivity index (χ3v) is 8.91. The molecule has 2 N–H and O–H groups in total. The Morgan fingerprint density at radius 3 is 2.31 bits per heavy atom. The van der Waals surface area contributed by atoms with Crippen molar-refractivity contribution in [3.05, 3.63) is 23.5 Å². The van der Waals surface area contributed by atoms with Crippen LogP contribution in [-0.2, 0) is 10.6 Å². The lowest BCUT2D eigenvalue weighted by Gasteiger charge is -2.48. The van der Waals surface area contributed by atoms with Crippen molar-refractivity contribution < 1.29 is 8.92 Å². The van der Waals surface area contributed by atoms with Gasteiger partial charge in [0.05, 0.1) is 35.3 Å². The minimum absolute atomic E-state index is 0.151. The number of nitrogen functional groups attached to an aromatic ring is 1. The molecule has 2 rings (SSSR count). The minimum Gasteiger partial charge on any atom is -0.493 e. The molecule has 0 radical (unpaired) electrons. The molecule has 0 aliphatic heterocycles. The summed E-state index contributed by atoms with van der Waals surface area (Å²) >= 11 is 0. The van der Waals surface area contributed by atoms with Crippen LogP contribution in [0.4, 0.5) is 5.69 Å². The fourth-order valence-electron chi connectivity index (χ4n) is 2.90. The first-order valence-electron chi connectivity index (χ1n) is 9.03. The Balaban J connectivity index is 2.18. The first-order chi connectivity index (χ1) is 11.8. The molecule has 26 heavy (non-hydrogen) atoms. The summed E-state index contributed by atoms with van der Waals surface area (Å²) in [5.41, 5.74) is 9.48. The van der Waals surface area contributed by atoms with Gasteiger partial charge in [0, 0.05) is 4.75 Å². The maximum atomic E-state index is 6.57. The van der Waals surface area contributed by atoms with E-state index in [9.17, 15) is 0 Å². The van der Waals surface area contributed by atoms with E-state index < -0.39 is 10.3 Å². The third-order valence-electron chi connectivity index (χ3n) is 5.10. The molecule has 0 saturated heterocycles. The largest absolute Gasteiger partial charge is 0.493 e. The van der Waals surface area contributed by atoms with E-state index in [1.807, 2.05) is 17.5 Å². The second-order valence-electron chi connectivity index (χ2n) is 8.88. The lowest BCUT2D eigenvalue weighted by Crippen LogP contribution is -2.34. The van der Waals surface area contributed by atoms with Gasteiger partial charge >= 0.3 is 0 Å². The highest BCUT2D eigenvalue weighted by atomic mass is 32.3. The van der Waals surface area contributed by atoms with Crippen molar-refractivity contribution in [1.29, 1.82) is 0 Å². The SMILES string of the molecule is COc1c(N)cc2cc(CCC(C)(C)OS(C)(C)C(C)(C)C)nn2c1C. The van der Waals surface area contributed by atoms with Crippen LogP contribution in [0.3, 0.4) is 0 Å². The standard InChI is InChI=1S/C20H35N3O2S/c1-14-18(24-7)17(21)13-16-12-15(22-23(14)16)10-11-20(5,6)25-26(8,9)19(2,3)4/h12-13H,10-11,21H2,1-9H3. The van der Waals surface area contributed by atoms with E-state index in [4.69, 9.17) is 19.8 Å². The minimum atomic E-state index is -1.16. The smallest absolute Gasteiger partial charge is 0.163 e. The van der Waals surface area contributed by atoms with Gasteiger partial charge in [0.25, 0.3) is 0 Å². The van der Waals surface area contributed by atoms with Crippen molar-refractivity contribution in [1.82, 2.24) is 9.61 Å². The average molecular weight is 382 g/mol. The fraction of sp³-hybridized carbons (Fsp3) is 0.650. The molecular formula is C20H35N3O2S. The number of fused-ring (bicyclic) bond motifs is 1. The fourth-order valence-corrected chi connectivity index (χ4v) is 4.36. The summed E-state index contributed by atoms with van der Waals surface area (Å²) < 4.78 is 14.0. The number of aryl methyl sites for hydroxylation is 2. The molecule has 0 atom stereocenters. The molecule has 0 aromatic carbocycles. The molecule has 0 aliphatic rings. The van der Waals surface area contributed by atoms with E-state index in [2.05, 4.69) is 53.2 Å². The Hall–Kier alpha value is -1.40. The van der Waals surface area contributed by atoms with Gasteiger partial charge in [-0.1, -0.05) is 20.8 Å². The molecule has 0 aliphatic carbocycles. The zero-order chi connectivity index (χ0) is 19.9. The normalized spacial score (nSPS) is 14.0. The van der Waals surface area contributed by atoms with Crippen molar-refractivity contribution in [2.75, 3.05) is 25.4 Å². The Kier molecular flexibility index (Phi) is 5.60. The summed E-state index contributed by atoms with van der Waals surface area (Å²) in [7, 11) is 0.469. The highest BCUT2D eigenvalue weighted by molar-refractivity contribution is 8.29. The zero-order valence-corrected chi connectivity index (χ0v) is 18.6. The van der Waals surface area contributed by atoms with E-state index in [1.54, 1.807) is 7.11 Å². The summed E-state index contributed by atoms with van der Waals surface area (Å²) in [6, 6.07) is 4.01. The van der Waals surface area contributed by atoms with Gasteiger partial charge < -0.3 is 14.7 Å². The van der Waals surface area contributed by atoms with Crippen LogP contribution in [0.15, 0.2) is 12.1 Å². The average Bonchev–Trinajstić information content (AvgIpc) is 2.86. The second kappa shape index (κ2) is 6.97. The highest BCUT2D eigenvalue weighted by Gasteiger charge is 2.34. The first-order valence-corrected chi connectivity index (χ1v) is 11.4. The molecule has 148 valence electrons. The number of hydrogen-bond donors (Lipinski definition) is 1. The summed E-state index contributed by atoms with van der Waals surface area (Å²) in [4.78, 5) is 0. The van der Waals surface area contributed by atoms with Gasteiger partial charge in [-0.25, -0.2) is 4.52 Å². The number of hydrogen-bond acceptors (Lipinski definition) is 4. The van der Waals surface area contributed by atoms with Crippen LogP contribution in [-0.4, -0.2) is 39.6 Å². The van der Waals surface area contributed by atoms with Gasteiger partial charge in [-0.05, 0) is 58.3 Å². The van der Waals surface area contributed by atoms with Crippen LogP contribution in [0, 0.1) is 6.92 Å². The summed E-state index contributed by atoms with van der Waals surface area (Å²) in [5, 5.41) is 4.74. The molecule has 2 aromatic rings. The highest BCUT2D eigenvalue weighted by Crippen LogP contribution is 2.56. The molecule has 0 amide bonds. The zero-order valence-electron chi connectivity index (χ0n) is 17.8. The predicted octanol–water partition coefficient (Wildman–Crippen LogP) is 4.74. The van der Waals surface area contributed by atoms with Crippen LogP contribution in [0.5, 0.6) is 5.75 Å². The number of aromatic nitrogens is 2. The number of anilines is 1. The number of nitrogens with two attached hydrogens (primary N) is 1. The Morgan fingerprint density at radius 1 is 1.15 bits per heavy atom. The summed E-state index contributed by atoms with van der Waals surface area (Å²) in [5.74, 6) is 0.686. The third kappa shape index (κ3) is 4.29. The molecule has 0 fully saturated rings. The van der Waals surface area contributed by atoms with E-state index >= 15 is 0 Å². The van der Waals surface area contributed by atoms with E-state index in [1.165, 1.54) is 0 Å². The summed E-state index contributed by atoms with van der Waals surface area (Å²) in [6.07, 6.45) is 6.27. The van der Waals surface area contributed by atoms with E-state index in [-0.39, 0.29) is 10.3 Å². The van der Waals surface area contributed by atoms with Crippen molar-refractivity contribution in [2.24, 2.45) is 0 Å². The number of rotatable bonds is 6. The molecule has 0 spiro atoms. The van der Waals surface area contributed by atoms with Crippen LogP contribution in [0.2, 0.25) is 0 Å². The van der Waals surface area contributed by atoms with Crippen molar-refractivity contribution in [3.8, 4) is 5.75 Å². The quantitative estimate of drug-likeness (QED) is 0.785. The van der Waals surface area contributed by atoms with Crippen LogP contribution < -0.4 is 10.5 Å². The number of ether oxygens (including phenoxy) is 1. The Bertz CT molecular complexity index is 788.